The number of unbranched alkanes of at least 4 members (excludes halogenated alkanes) is 1. The van der Waals surface area contributed by atoms with Crippen LogP contribution >= 0.6 is 0 Å². The molecule has 0 aromatic heterocycles. The Labute approximate surface area is 204 Å². The molecule has 1 rings (SSSR count). The van der Waals surface area contributed by atoms with Crippen LogP contribution in [0, 0.1) is 0 Å². The molecule has 0 aromatic rings. The Bertz CT molecular complexity index is 799. The molecule has 12 N–H and O–H groups in total. The maximum absolute atomic E-state index is 13.3. The number of carboxylic acids is 1. The number of carbonyl (C=O) groups excluding carboxylic acids is 3. The van der Waals surface area contributed by atoms with Crippen molar-refractivity contribution in [3.8, 4) is 0 Å². The third kappa shape index (κ3) is 9.88. The van der Waals surface area contributed by atoms with Crippen molar-refractivity contribution in [3.05, 3.63) is 12.2 Å². The van der Waals surface area contributed by atoms with E-state index in [1.54, 1.807) is 6.08 Å². The maximum Gasteiger partial charge on any atom is 0.326 e. The summed E-state index contributed by atoms with van der Waals surface area (Å²) >= 11 is 0. The molecule has 1 heterocycles. The second-order valence-electron chi connectivity index (χ2n) is 8.32. The molecule has 35 heavy (non-hydrogen) atoms. The average Bonchev–Trinajstić information content (AvgIpc) is 3.29. The van der Waals surface area contributed by atoms with Crippen LogP contribution < -0.4 is 33.6 Å². The highest BCUT2D eigenvalue weighted by molar-refractivity contribution is 5.95. The second-order valence-corrected chi connectivity index (χ2v) is 8.32. The molecule has 5 atom stereocenters. The Balaban J connectivity index is 2.90. The first-order valence-electron chi connectivity index (χ1n) is 11.5. The van der Waals surface area contributed by atoms with Crippen LogP contribution in [0.25, 0.3) is 0 Å². The molecule has 0 fully saturated rings. The molecular formula is C21H38N8O6. The van der Waals surface area contributed by atoms with Gasteiger partial charge in [-0.1, -0.05) is 12.2 Å². The van der Waals surface area contributed by atoms with E-state index in [4.69, 9.17) is 22.9 Å². The van der Waals surface area contributed by atoms with Gasteiger partial charge in [0.2, 0.25) is 17.7 Å². The Morgan fingerprint density at radius 2 is 1.77 bits per heavy atom. The number of hydrogen-bond acceptors (Lipinski definition) is 8. The van der Waals surface area contributed by atoms with Gasteiger partial charge in [-0.2, -0.15) is 0 Å². The Hall–Kier alpha value is -3.23. The number of aliphatic hydroxyl groups excluding tert-OH is 1. The van der Waals surface area contributed by atoms with Crippen LogP contribution in [-0.2, 0) is 19.2 Å². The van der Waals surface area contributed by atoms with Gasteiger partial charge < -0.3 is 48.7 Å². The van der Waals surface area contributed by atoms with Crippen molar-refractivity contribution in [2.75, 3.05) is 19.6 Å². The number of carboxylic acid groups (broad SMARTS) is 1. The fraction of sp³-hybridized carbons (Fsp3) is 0.667. The van der Waals surface area contributed by atoms with E-state index in [2.05, 4.69) is 15.6 Å². The number of carbonyl (C=O) groups is 4. The van der Waals surface area contributed by atoms with Crippen LogP contribution in [0.15, 0.2) is 17.1 Å². The van der Waals surface area contributed by atoms with Gasteiger partial charge in [0.05, 0.1) is 6.10 Å². The number of guanidine groups is 1. The Morgan fingerprint density at radius 1 is 1.11 bits per heavy atom. The van der Waals surface area contributed by atoms with Crippen molar-refractivity contribution >= 4 is 29.7 Å². The minimum Gasteiger partial charge on any atom is -0.480 e. The number of nitrogens with zero attached hydrogens (tertiary/aromatic N) is 2. The van der Waals surface area contributed by atoms with Crippen LogP contribution in [0.5, 0.6) is 0 Å². The summed E-state index contributed by atoms with van der Waals surface area (Å²) in [7, 11) is 0. The number of rotatable bonds is 15. The quantitative estimate of drug-likeness (QED) is 0.0483. The highest BCUT2D eigenvalue weighted by Gasteiger charge is 2.36. The number of aliphatic hydroxyl groups is 1. The number of hydrogen-bond donors (Lipinski definition) is 8. The number of nitrogens with one attached hydrogen (secondary N) is 2. The normalized spacial score (nSPS) is 18.3. The summed E-state index contributed by atoms with van der Waals surface area (Å²) in [5.41, 5.74) is 21.7. The third-order valence-corrected chi connectivity index (χ3v) is 5.45. The summed E-state index contributed by atoms with van der Waals surface area (Å²) in [4.78, 5) is 55.2. The van der Waals surface area contributed by atoms with Crippen molar-refractivity contribution in [2.45, 2.75) is 69.3 Å². The summed E-state index contributed by atoms with van der Waals surface area (Å²) in [6, 6.07) is -4.48. The van der Waals surface area contributed by atoms with E-state index < -0.39 is 54.0 Å². The first-order valence-corrected chi connectivity index (χ1v) is 11.5. The molecule has 0 saturated carbocycles. The molecule has 1 aliphatic rings. The third-order valence-electron chi connectivity index (χ3n) is 5.45. The lowest BCUT2D eigenvalue weighted by Gasteiger charge is -2.30. The monoisotopic (exact) mass is 498 g/mol. The maximum atomic E-state index is 13.3. The molecule has 1 aliphatic heterocycles. The van der Waals surface area contributed by atoms with Crippen molar-refractivity contribution in [1.29, 1.82) is 0 Å². The van der Waals surface area contributed by atoms with Crippen LogP contribution in [0.3, 0.4) is 0 Å². The molecule has 198 valence electrons. The summed E-state index contributed by atoms with van der Waals surface area (Å²) in [6.07, 6.45) is 3.77. The summed E-state index contributed by atoms with van der Waals surface area (Å²) in [5.74, 6) is -3.26. The number of aliphatic imine (C=N–C) groups is 1. The highest BCUT2D eigenvalue weighted by Crippen LogP contribution is 2.15. The van der Waals surface area contributed by atoms with E-state index in [1.165, 1.54) is 17.9 Å². The minimum atomic E-state index is -1.23. The van der Waals surface area contributed by atoms with Gasteiger partial charge in [0.1, 0.15) is 24.2 Å². The Morgan fingerprint density at radius 3 is 2.34 bits per heavy atom. The van der Waals surface area contributed by atoms with Gasteiger partial charge >= 0.3 is 5.97 Å². The SMILES string of the molecule is CC(O)C(N)C(=O)NC(CCCCN)C(=O)N1CC=CC1C(=O)NC(CCCN=C(N)N)C(=O)O. The minimum absolute atomic E-state index is 0.0806. The lowest BCUT2D eigenvalue weighted by Crippen LogP contribution is -2.58. The number of amides is 3. The first-order chi connectivity index (χ1) is 16.5. The van der Waals surface area contributed by atoms with Crippen molar-refractivity contribution < 1.29 is 29.4 Å². The van der Waals surface area contributed by atoms with Crippen molar-refractivity contribution in [3.63, 3.8) is 0 Å². The molecule has 0 radical (unpaired) electrons. The molecule has 3 amide bonds. The summed E-state index contributed by atoms with van der Waals surface area (Å²) in [5, 5.41) is 24.1. The standard InChI is InChI=1S/C21H38N8O6/c1-12(30)16(23)18(32)27-13(6-2-3-9-22)19(33)29-11-5-8-15(29)17(31)28-14(20(34)35)7-4-10-26-21(24)25/h5,8,12-16,30H,2-4,6-7,9-11,22-23H2,1H3,(H,27,32)(H,28,31)(H,34,35)(H4,24,25,26). The zero-order valence-electron chi connectivity index (χ0n) is 19.9. The van der Waals surface area contributed by atoms with E-state index in [1.807, 2.05) is 0 Å². The van der Waals surface area contributed by atoms with E-state index in [0.717, 1.165) is 0 Å². The fourth-order valence-corrected chi connectivity index (χ4v) is 3.43. The van der Waals surface area contributed by atoms with Crippen molar-refractivity contribution in [1.82, 2.24) is 15.5 Å². The molecule has 14 nitrogen and oxygen atoms in total. The molecule has 14 heteroatoms. The fourth-order valence-electron chi connectivity index (χ4n) is 3.43. The van der Waals surface area contributed by atoms with Crippen molar-refractivity contribution in [2.24, 2.45) is 27.9 Å². The second kappa shape index (κ2) is 14.9. The average molecular weight is 499 g/mol. The predicted octanol–water partition coefficient (Wildman–Crippen LogP) is -3.30. The van der Waals surface area contributed by atoms with Crippen LogP contribution in [0.4, 0.5) is 0 Å². The largest absolute Gasteiger partial charge is 0.480 e. The van der Waals surface area contributed by atoms with E-state index >= 15 is 0 Å². The predicted molar refractivity (Wildman–Crippen MR) is 129 cm³/mol. The topological polar surface area (TPSA) is 252 Å². The summed E-state index contributed by atoms with van der Waals surface area (Å²) in [6.45, 7) is 2.06. The Kier molecular flexibility index (Phi) is 12.7. The molecule has 0 aliphatic carbocycles. The van der Waals surface area contributed by atoms with Crippen LogP contribution in [-0.4, -0.2) is 94.7 Å². The first kappa shape index (κ1) is 29.8. The van der Waals surface area contributed by atoms with E-state index in [9.17, 15) is 29.4 Å². The highest BCUT2D eigenvalue weighted by atomic mass is 16.4. The number of aliphatic carboxylic acids is 1. The van der Waals surface area contributed by atoms with Gasteiger partial charge in [0.15, 0.2) is 5.96 Å². The lowest BCUT2D eigenvalue weighted by molar-refractivity contribution is -0.144. The molecular weight excluding hydrogens is 460 g/mol. The van der Waals surface area contributed by atoms with Gasteiger partial charge in [-0.15, -0.1) is 0 Å². The zero-order valence-corrected chi connectivity index (χ0v) is 19.9. The van der Waals surface area contributed by atoms with Gasteiger partial charge in [-0.3, -0.25) is 19.4 Å². The lowest BCUT2D eigenvalue weighted by atomic mass is 10.1. The van der Waals surface area contributed by atoms with Gasteiger partial charge in [0, 0.05) is 13.1 Å². The molecule has 5 unspecified atom stereocenters. The van der Waals surface area contributed by atoms with Gasteiger partial charge in [0.25, 0.3) is 0 Å². The van der Waals surface area contributed by atoms with E-state index in [0.29, 0.717) is 25.8 Å². The smallest absolute Gasteiger partial charge is 0.326 e. The zero-order chi connectivity index (χ0) is 26.5. The number of nitrogens with two attached hydrogens (primary N) is 4. The molecule has 0 bridgehead atoms. The molecule has 0 saturated heterocycles. The van der Waals surface area contributed by atoms with E-state index in [-0.39, 0.29) is 31.9 Å². The van der Waals surface area contributed by atoms with Gasteiger partial charge in [-0.25, -0.2) is 4.79 Å². The molecule has 0 aromatic carbocycles. The van der Waals surface area contributed by atoms with Gasteiger partial charge in [-0.05, 0) is 45.6 Å². The van der Waals surface area contributed by atoms with Crippen LogP contribution in [0.1, 0.15) is 39.0 Å². The summed E-state index contributed by atoms with van der Waals surface area (Å²) < 4.78 is 0. The van der Waals surface area contributed by atoms with Crippen LogP contribution in [0.2, 0.25) is 0 Å². The molecule has 0 spiro atoms.